The van der Waals surface area contributed by atoms with E-state index in [1.165, 1.54) is 30.4 Å². The molecule has 8 unspecified atom stereocenters. The predicted octanol–water partition coefficient (Wildman–Crippen LogP) is 8.84. The van der Waals surface area contributed by atoms with Crippen LogP contribution in [0.1, 0.15) is 132 Å². The zero-order valence-corrected chi connectivity index (χ0v) is 35.3. The Balaban J connectivity index is 1.23. The minimum Gasteiger partial charge on any atom is -0.481 e. The Morgan fingerprint density at radius 1 is 0.926 bits per heavy atom. The number of carbonyl (C=O) groups excluding carboxylic acids is 2. The summed E-state index contributed by atoms with van der Waals surface area (Å²) in [6.45, 7) is 21.4. The van der Waals surface area contributed by atoms with Crippen molar-refractivity contribution < 1.29 is 24.2 Å². The monoisotopic (exact) mass is 746 g/mol. The van der Waals surface area contributed by atoms with Gasteiger partial charge in [-0.1, -0.05) is 47.1 Å². The number of rotatable bonds is 13. The first-order valence-corrected chi connectivity index (χ1v) is 21.2. The van der Waals surface area contributed by atoms with Gasteiger partial charge in [-0.25, -0.2) is 0 Å². The van der Waals surface area contributed by atoms with Gasteiger partial charge in [0.25, 0.3) is 0 Å². The second-order valence-corrected chi connectivity index (χ2v) is 20.7. The number of aromatic nitrogens is 1. The van der Waals surface area contributed by atoms with E-state index in [4.69, 9.17) is 4.74 Å². The Morgan fingerprint density at radius 3 is 2.26 bits per heavy atom. The Labute approximate surface area is 326 Å². The number of carboxylic acids is 1. The molecule has 0 spiro atoms. The van der Waals surface area contributed by atoms with Crippen molar-refractivity contribution in [3.8, 4) is 0 Å². The molecule has 0 bridgehead atoms. The van der Waals surface area contributed by atoms with E-state index in [1.54, 1.807) is 19.4 Å². The summed E-state index contributed by atoms with van der Waals surface area (Å²) < 4.78 is 6.19. The second-order valence-electron chi connectivity index (χ2n) is 20.7. The van der Waals surface area contributed by atoms with Gasteiger partial charge in [0.1, 0.15) is 6.10 Å². The molecule has 8 nitrogen and oxygen atoms in total. The highest BCUT2D eigenvalue weighted by Crippen LogP contribution is 2.73. The summed E-state index contributed by atoms with van der Waals surface area (Å²) in [4.78, 5) is 48.1. The number of likely N-dealkylation sites (N-methyl/N-ethyl adjacent to an activating group) is 1. The first-order chi connectivity index (χ1) is 25.2. The van der Waals surface area contributed by atoms with E-state index >= 15 is 0 Å². The summed E-state index contributed by atoms with van der Waals surface area (Å²) >= 11 is 0. The maximum absolute atomic E-state index is 14.2. The standard InChI is InChI=1S/C46H71N3O5/c1-30(2)39-34(50)27-46(21-24-49(26-25-48(9)10)29-31-16-22-47-23-17-31)20-13-33-32(40(39)46)11-12-36-44(33,7)18-14-35-43(5,6)37(15-19-45(35,36)8)54-38(51)28-42(3,4)41(52)53/h16-17,22-23,30,32-33,35-37H,11-15,18-21,24-29H2,1-10H3,(H,52,53). The van der Waals surface area contributed by atoms with Crippen molar-refractivity contribution in [2.24, 2.45) is 56.7 Å². The summed E-state index contributed by atoms with van der Waals surface area (Å²) in [5, 5.41) is 9.62. The largest absolute Gasteiger partial charge is 0.481 e. The first-order valence-electron chi connectivity index (χ1n) is 21.2. The van der Waals surface area contributed by atoms with Crippen molar-refractivity contribution in [3.63, 3.8) is 0 Å². The quantitative estimate of drug-likeness (QED) is 0.200. The minimum absolute atomic E-state index is 0.0318. The van der Waals surface area contributed by atoms with Crippen LogP contribution in [0.15, 0.2) is 35.7 Å². The number of ketones is 1. The number of ether oxygens (including phenoxy) is 1. The third-order valence-corrected chi connectivity index (χ3v) is 16.0. The van der Waals surface area contributed by atoms with Crippen LogP contribution in [0.2, 0.25) is 0 Å². The lowest BCUT2D eigenvalue weighted by Gasteiger charge is -2.69. The minimum atomic E-state index is -1.15. The normalized spacial score (nSPS) is 34.8. The molecule has 0 aromatic carbocycles. The molecule has 1 aromatic heterocycles. The molecule has 0 amide bonds. The zero-order chi connectivity index (χ0) is 39.4. The molecule has 8 atom stereocenters. The maximum Gasteiger partial charge on any atom is 0.309 e. The third kappa shape index (κ3) is 7.37. The van der Waals surface area contributed by atoms with Gasteiger partial charge in [0, 0.05) is 49.3 Å². The van der Waals surface area contributed by atoms with Gasteiger partial charge in [-0.3, -0.25) is 24.3 Å². The lowest BCUT2D eigenvalue weighted by Crippen LogP contribution is -2.63. The molecule has 1 heterocycles. The molecule has 0 radical (unpaired) electrons. The van der Waals surface area contributed by atoms with Crippen LogP contribution in [0.3, 0.4) is 0 Å². The molecule has 4 saturated carbocycles. The van der Waals surface area contributed by atoms with E-state index in [9.17, 15) is 19.5 Å². The lowest BCUT2D eigenvalue weighted by atomic mass is 9.36. The number of pyridine rings is 1. The molecular formula is C46H71N3O5. The van der Waals surface area contributed by atoms with Gasteiger partial charge < -0.3 is 14.7 Å². The van der Waals surface area contributed by atoms with Crippen LogP contribution in [0.4, 0.5) is 0 Å². The van der Waals surface area contributed by atoms with E-state index < -0.39 is 17.4 Å². The number of Topliss-reactive ketones (excluding diaryl/α,β-unsaturated/α-hetero) is 1. The van der Waals surface area contributed by atoms with Gasteiger partial charge in [0.05, 0.1) is 11.8 Å². The smallest absolute Gasteiger partial charge is 0.309 e. The topological polar surface area (TPSA) is 100 Å². The predicted molar refractivity (Wildman–Crippen MR) is 213 cm³/mol. The van der Waals surface area contributed by atoms with Gasteiger partial charge >= 0.3 is 11.9 Å². The van der Waals surface area contributed by atoms with Gasteiger partial charge in [-0.15, -0.1) is 0 Å². The highest BCUT2D eigenvalue weighted by molar-refractivity contribution is 6.00. The van der Waals surface area contributed by atoms with Crippen molar-refractivity contribution in [2.75, 3.05) is 33.7 Å². The molecule has 4 fully saturated rings. The van der Waals surface area contributed by atoms with Gasteiger partial charge in [0.2, 0.25) is 0 Å². The van der Waals surface area contributed by atoms with Crippen molar-refractivity contribution in [1.29, 1.82) is 0 Å². The number of carboxylic acid groups (broad SMARTS) is 1. The second kappa shape index (κ2) is 15.1. The molecule has 6 rings (SSSR count). The fraction of sp³-hybridized carbons (Fsp3) is 0.783. The van der Waals surface area contributed by atoms with Crippen LogP contribution < -0.4 is 0 Å². The highest BCUT2D eigenvalue weighted by atomic mass is 16.5. The van der Waals surface area contributed by atoms with Crippen molar-refractivity contribution in [2.45, 2.75) is 139 Å². The molecule has 5 aliphatic carbocycles. The zero-order valence-electron chi connectivity index (χ0n) is 35.3. The average molecular weight is 746 g/mol. The first kappa shape index (κ1) is 41.1. The van der Waals surface area contributed by atoms with E-state index in [2.05, 4.69) is 82.6 Å². The SMILES string of the molecule is CC(C)C1=C2C3CCC4C(C)(CCC5C(C)(C)C(OC(=O)CC(C)(C)C(=O)O)CCC54C)C3CCC2(CCN(CCN(C)C)Cc2ccncc2)CC1=O. The van der Waals surface area contributed by atoms with E-state index in [1.807, 2.05) is 12.4 Å². The summed E-state index contributed by atoms with van der Waals surface area (Å²) in [5.41, 5.74) is 3.00. The van der Waals surface area contributed by atoms with Crippen LogP contribution in [0, 0.1) is 56.7 Å². The van der Waals surface area contributed by atoms with Crippen molar-refractivity contribution in [1.82, 2.24) is 14.8 Å². The fourth-order valence-corrected chi connectivity index (χ4v) is 13.3. The molecule has 5 aliphatic rings. The number of esters is 1. The fourth-order valence-electron chi connectivity index (χ4n) is 13.3. The number of hydrogen-bond acceptors (Lipinski definition) is 7. The van der Waals surface area contributed by atoms with E-state index in [0.717, 1.165) is 64.7 Å². The molecule has 1 aromatic rings. The van der Waals surface area contributed by atoms with Crippen molar-refractivity contribution >= 4 is 17.7 Å². The number of nitrogens with zero attached hydrogens (tertiary/aromatic N) is 3. The summed E-state index contributed by atoms with van der Waals surface area (Å²) in [7, 11) is 4.29. The number of allylic oxidation sites excluding steroid dienone is 2. The van der Waals surface area contributed by atoms with E-state index in [-0.39, 0.29) is 40.1 Å². The molecular weight excluding hydrogens is 675 g/mol. The Morgan fingerprint density at radius 2 is 1.61 bits per heavy atom. The number of aliphatic carboxylic acids is 1. The van der Waals surface area contributed by atoms with Gasteiger partial charge in [-0.2, -0.15) is 0 Å². The number of hydrogen-bond donors (Lipinski definition) is 1. The van der Waals surface area contributed by atoms with Crippen LogP contribution in [-0.4, -0.2) is 77.4 Å². The Hall–Kier alpha value is -2.58. The van der Waals surface area contributed by atoms with Crippen molar-refractivity contribution in [3.05, 3.63) is 41.2 Å². The lowest BCUT2D eigenvalue weighted by molar-refractivity contribution is -0.214. The third-order valence-electron chi connectivity index (χ3n) is 16.0. The van der Waals surface area contributed by atoms with Crippen LogP contribution >= 0.6 is 0 Å². The maximum atomic E-state index is 14.2. The summed E-state index contributed by atoms with van der Waals surface area (Å²) in [5.74, 6) is 1.35. The molecule has 1 N–H and O–H groups in total. The molecule has 54 heavy (non-hydrogen) atoms. The number of fused-ring (bicyclic) bond motifs is 7. The molecule has 0 aliphatic heterocycles. The van der Waals surface area contributed by atoms with Crippen LogP contribution in [-0.2, 0) is 25.7 Å². The van der Waals surface area contributed by atoms with Crippen LogP contribution in [0.5, 0.6) is 0 Å². The number of carbonyl (C=O) groups is 3. The summed E-state index contributed by atoms with van der Waals surface area (Å²) in [6.07, 6.45) is 14.0. The Bertz CT molecular complexity index is 1600. The van der Waals surface area contributed by atoms with Gasteiger partial charge in [0.15, 0.2) is 5.78 Å². The molecule has 300 valence electrons. The average Bonchev–Trinajstić information content (AvgIpc) is 3.39. The Kier molecular flexibility index (Phi) is 11.5. The molecule has 0 saturated heterocycles. The van der Waals surface area contributed by atoms with Crippen LogP contribution in [0.25, 0.3) is 0 Å². The molecule has 8 heteroatoms. The highest BCUT2D eigenvalue weighted by Gasteiger charge is 2.66. The summed E-state index contributed by atoms with van der Waals surface area (Å²) in [6, 6.07) is 4.26. The van der Waals surface area contributed by atoms with E-state index in [0.29, 0.717) is 35.9 Å². The van der Waals surface area contributed by atoms with Gasteiger partial charge in [-0.05, 0) is 156 Å².